The van der Waals surface area contributed by atoms with Gasteiger partial charge < -0.3 is 10.2 Å². The smallest absolute Gasteiger partial charge is 0.332 e. The van der Waals surface area contributed by atoms with Gasteiger partial charge in [-0.15, -0.1) is 0 Å². The van der Waals surface area contributed by atoms with Crippen molar-refractivity contribution < 1.29 is 24.6 Å². The summed E-state index contributed by atoms with van der Waals surface area (Å²) in [6, 6.07) is 12.1. The number of benzene rings is 2. The third kappa shape index (κ3) is 2.80. The third-order valence-electron chi connectivity index (χ3n) is 4.24. The molecule has 2 rings (SSSR count). The maximum atomic E-state index is 12.2. The second kappa shape index (κ2) is 6.66. The van der Waals surface area contributed by atoms with E-state index in [1.807, 2.05) is 0 Å². The molecule has 124 valence electrons. The molecule has 0 bridgehead atoms. The summed E-state index contributed by atoms with van der Waals surface area (Å²) in [7, 11) is 0. The zero-order valence-corrected chi connectivity index (χ0v) is 13.3. The molecule has 0 amide bonds. The maximum Gasteiger partial charge on any atom is 0.332 e. The molecule has 2 N–H and O–H groups in total. The van der Waals surface area contributed by atoms with Gasteiger partial charge in [0.2, 0.25) is 0 Å². The van der Waals surface area contributed by atoms with Gasteiger partial charge >= 0.3 is 11.9 Å². The van der Waals surface area contributed by atoms with E-state index in [0.717, 1.165) is 5.39 Å². The van der Waals surface area contributed by atoms with E-state index < -0.39 is 29.3 Å². The summed E-state index contributed by atoms with van der Waals surface area (Å²) in [6.07, 6.45) is -0.329. The maximum absolute atomic E-state index is 12.2. The molecule has 0 spiro atoms. The fourth-order valence-electron chi connectivity index (χ4n) is 2.89. The molecule has 1 atom stereocenters. The average Bonchev–Trinajstić information content (AvgIpc) is 2.58. The first-order valence-electron chi connectivity index (χ1n) is 7.50. The lowest BCUT2D eigenvalue weighted by atomic mass is 9.69. The molecule has 2 aromatic carbocycles. The van der Waals surface area contributed by atoms with E-state index in [9.17, 15) is 24.6 Å². The minimum Gasteiger partial charge on any atom is -0.480 e. The molecule has 5 nitrogen and oxygen atoms in total. The van der Waals surface area contributed by atoms with Gasteiger partial charge in [0, 0.05) is 12.8 Å². The first-order valence-corrected chi connectivity index (χ1v) is 7.50. The Kier molecular flexibility index (Phi) is 4.83. The van der Waals surface area contributed by atoms with Crippen LogP contribution in [0.3, 0.4) is 0 Å². The van der Waals surface area contributed by atoms with Crippen LogP contribution in [-0.2, 0) is 19.8 Å². The molecule has 0 fully saturated rings. The fraction of sp³-hybridized carbons (Fsp3) is 0.211. The number of ketones is 1. The van der Waals surface area contributed by atoms with Crippen LogP contribution in [0.1, 0.15) is 25.3 Å². The zero-order chi connectivity index (χ0) is 17.9. The molecule has 0 heterocycles. The Balaban J connectivity index is 2.86. The van der Waals surface area contributed by atoms with Crippen LogP contribution < -0.4 is 0 Å². The highest BCUT2D eigenvalue weighted by Gasteiger charge is 2.48. The molecule has 0 aromatic heterocycles. The fourth-order valence-corrected chi connectivity index (χ4v) is 2.89. The summed E-state index contributed by atoms with van der Waals surface area (Å²) in [4.78, 5) is 35.8. The Hall–Kier alpha value is -2.95. The molecule has 0 saturated heterocycles. The quantitative estimate of drug-likeness (QED) is 0.763. The highest BCUT2D eigenvalue weighted by Crippen LogP contribution is 2.40. The van der Waals surface area contributed by atoms with Crippen molar-refractivity contribution in [2.75, 3.05) is 0 Å². The largest absolute Gasteiger partial charge is 0.480 e. The van der Waals surface area contributed by atoms with Crippen molar-refractivity contribution in [3.63, 3.8) is 0 Å². The lowest BCUT2D eigenvalue weighted by molar-refractivity contribution is -0.147. The Labute approximate surface area is 139 Å². The molecule has 24 heavy (non-hydrogen) atoms. The van der Waals surface area contributed by atoms with Gasteiger partial charge in [0.15, 0.2) is 0 Å². The monoisotopic (exact) mass is 326 g/mol. The van der Waals surface area contributed by atoms with Crippen LogP contribution in [0.2, 0.25) is 0 Å². The number of carboxylic acid groups (broad SMARTS) is 2. The summed E-state index contributed by atoms with van der Waals surface area (Å²) in [5, 5.41) is 20.7. The Bertz CT molecular complexity index is 831. The Morgan fingerprint density at radius 3 is 2.25 bits per heavy atom. The molecule has 0 aliphatic heterocycles. The van der Waals surface area contributed by atoms with E-state index in [-0.39, 0.29) is 17.8 Å². The Morgan fingerprint density at radius 1 is 1.04 bits per heavy atom. The summed E-state index contributed by atoms with van der Waals surface area (Å²) in [5.41, 5.74) is -2.25. The molecule has 0 aliphatic carbocycles. The molecule has 0 radical (unpaired) electrons. The van der Waals surface area contributed by atoms with Gasteiger partial charge in [-0.2, -0.15) is 0 Å². The number of carbonyl (C=O) groups excluding carboxylic acids is 1. The lowest BCUT2D eigenvalue weighted by Gasteiger charge is -2.30. The molecular formula is C19H18O5. The predicted molar refractivity (Wildman–Crippen MR) is 90.0 cm³/mol. The highest BCUT2D eigenvalue weighted by atomic mass is 16.4. The highest BCUT2D eigenvalue weighted by molar-refractivity contribution is 6.06. The number of Topliss-reactive ketones (excluding diaryl/α,β-unsaturated/α-hetero) is 1. The molecule has 0 saturated carbocycles. The minimum atomic E-state index is -2.00. The average molecular weight is 326 g/mol. The summed E-state index contributed by atoms with van der Waals surface area (Å²) >= 11 is 0. The van der Waals surface area contributed by atoms with Crippen molar-refractivity contribution in [2.24, 2.45) is 0 Å². The number of rotatable bonds is 7. The first kappa shape index (κ1) is 17.4. The first-order chi connectivity index (χ1) is 11.3. The number of hydrogen-bond donors (Lipinski definition) is 2. The van der Waals surface area contributed by atoms with Gasteiger partial charge in [0.05, 0.1) is 5.57 Å². The third-order valence-corrected chi connectivity index (χ3v) is 4.24. The summed E-state index contributed by atoms with van der Waals surface area (Å²) < 4.78 is 0. The molecule has 1 unspecified atom stereocenters. The Morgan fingerprint density at radius 2 is 1.67 bits per heavy atom. The van der Waals surface area contributed by atoms with Crippen molar-refractivity contribution in [1.29, 1.82) is 0 Å². The van der Waals surface area contributed by atoms with E-state index in [1.165, 1.54) is 0 Å². The van der Waals surface area contributed by atoms with Crippen LogP contribution in [0.15, 0.2) is 54.6 Å². The summed E-state index contributed by atoms with van der Waals surface area (Å²) in [6.45, 7) is 5.10. The van der Waals surface area contributed by atoms with Crippen LogP contribution in [0.25, 0.3) is 10.8 Å². The van der Waals surface area contributed by atoms with E-state index in [4.69, 9.17) is 0 Å². The van der Waals surface area contributed by atoms with Crippen LogP contribution in [0.4, 0.5) is 0 Å². The SMILES string of the molecule is C=C(C(=O)O)C(CC(=O)CC)(C(=O)O)c1cccc2ccccc12. The van der Waals surface area contributed by atoms with Gasteiger partial charge in [-0.3, -0.25) is 9.59 Å². The predicted octanol–water partition coefficient (Wildman–Crippen LogP) is 3.17. The number of carboxylic acids is 2. The minimum absolute atomic E-state index is 0.118. The molecular weight excluding hydrogens is 308 g/mol. The molecule has 2 aromatic rings. The van der Waals surface area contributed by atoms with Crippen molar-refractivity contribution >= 4 is 28.5 Å². The second-order valence-electron chi connectivity index (χ2n) is 5.59. The van der Waals surface area contributed by atoms with E-state index >= 15 is 0 Å². The van der Waals surface area contributed by atoms with Crippen molar-refractivity contribution in [3.05, 3.63) is 60.2 Å². The number of aliphatic carboxylic acids is 2. The van der Waals surface area contributed by atoms with E-state index in [1.54, 1.807) is 49.4 Å². The van der Waals surface area contributed by atoms with Crippen LogP contribution in [0.5, 0.6) is 0 Å². The van der Waals surface area contributed by atoms with Gasteiger partial charge in [-0.25, -0.2) is 4.79 Å². The van der Waals surface area contributed by atoms with E-state index in [0.29, 0.717) is 5.39 Å². The zero-order valence-electron chi connectivity index (χ0n) is 13.3. The van der Waals surface area contributed by atoms with Crippen molar-refractivity contribution in [1.82, 2.24) is 0 Å². The molecule has 5 heteroatoms. The van der Waals surface area contributed by atoms with Gasteiger partial charge in [-0.1, -0.05) is 56.0 Å². The van der Waals surface area contributed by atoms with E-state index in [2.05, 4.69) is 6.58 Å². The summed E-state index contributed by atoms with van der Waals surface area (Å²) in [5.74, 6) is -3.17. The van der Waals surface area contributed by atoms with Crippen LogP contribution in [0, 0.1) is 0 Å². The topological polar surface area (TPSA) is 91.7 Å². The van der Waals surface area contributed by atoms with Gasteiger partial charge in [0.25, 0.3) is 0 Å². The van der Waals surface area contributed by atoms with Crippen LogP contribution in [-0.4, -0.2) is 27.9 Å². The number of hydrogen-bond acceptors (Lipinski definition) is 3. The lowest BCUT2D eigenvalue weighted by Crippen LogP contribution is -2.42. The number of fused-ring (bicyclic) bond motifs is 1. The molecule has 0 aliphatic rings. The second-order valence-corrected chi connectivity index (χ2v) is 5.59. The van der Waals surface area contributed by atoms with Crippen molar-refractivity contribution in [2.45, 2.75) is 25.2 Å². The van der Waals surface area contributed by atoms with Crippen molar-refractivity contribution in [3.8, 4) is 0 Å². The standard InChI is InChI=1S/C19H18O5/c1-3-14(20)11-19(18(23)24,12(2)17(21)22)16-10-6-8-13-7-4-5-9-15(13)16/h4-10H,2-3,11H2,1H3,(H,21,22)(H,23,24). The van der Waals surface area contributed by atoms with Gasteiger partial charge in [-0.05, 0) is 16.3 Å². The van der Waals surface area contributed by atoms with Crippen LogP contribution >= 0.6 is 0 Å². The number of carbonyl (C=O) groups is 3. The van der Waals surface area contributed by atoms with Gasteiger partial charge in [0.1, 0.15) is 11.2 Å². The normalized spacial score (nSPS) is 13.2.